The Morgan fingerprint density at radius 1 is 1.03 bits per heavy atom. The quantitative estimate of drug-likeness (QED) is 0.404. The van der Waals surface area contributed by atoms with Gasteiger partial charge in [0.2, 0.25) is 0 Å². The second-order valence-electron chi connectivity index (χ2n) is 6.09. The molecule has 3 rings (SSSR count). The number of thiophene rings is 1. The largest absolute Gasteiger partial charge is 0.462 e. The lowest BCUT2D eigenvalue weighted by molar-refractivity contribution is 0.0529. The third-order valence-corrected chi connectivity index (χ3v) is 5.65. The minimum absolute atomic E-state index is 0.161. The zero-order valence-electron chi connectivity index (χ0n) is 15.8. The van der Waals surface area contributed by atoms with Gasteiger partial charge in [0, 0.05) is 5.56 Å². The zero-order valence-corrected chi connectivity index (χ0v) is 17.4. The molecule has 1 N–H and O–H groups in total. The summed E-state index contributed by atoms with van der Waals surface area (Å²) in [4.78, 5) is 38.2. The standard InChI is InChI=1S/C22H18ClNO4S/c1-3-28-22(27)18-17(14-9-5-4-6-10-14)19(13(2)25)29-21(18)24-20(26)15-11-7-8-12-16(15)23/h4-12H,3H2,1-2H3,(H,24,26). The van der Waals surface area contributed by atoms with E-state index in [9.17, 15) is 14.4 Å². The zero-order chi connectivity index (χ0) is 21.0. The van der Waals surface area contributed by atoms with Crippen LogP contribution in [0.5, 0.6) is 0 Å². The molecule has 0 fully saturated rings. The van der Waals surface area contributed by atoms with Crippen LogP contribution >= 0.6 is 22.9 Å². The number of carbonyl (C=O) groups is 3. The number of anilines is 1. The first-order valence-corrected chi connectivity index (χ1v) is 10.1. The fourth-order valence-corrected chi connectivity index (χ4v) is 4.18. The topological polar surface area (TPSA) is 72.5 Å². The van der Waals surface area contributed by atoms with Crippen LogP contribution in [0, 0.1) is 0 Å². The van der Waals surface area contributed by atoms with Crippen molar-refractivity contribution in [1.82, 2.24) is 0 Å². The van der Waals surface area contributed by atoms with E-state index in [-0.39, 0.29) is 33.5 Å². The highest BCUT2D eigenvalue weighted by Crippen LogP contribution is 2.41. The molecule has 148 valence electrons. The van der Waals surface area contributed by atoms with E-state index in [1.54, 1.807) is 43.3 Å². The van der Waals surface area contributed by atoms with Gasteiger partial charge in [-0.05, 0) is 31.5 Å². The van der Waals surface area contributed by atoms with Crippen LogP contribution in [-0.4, -0.2) is 24.3 Å². The molecule has 0 unspecified atom stereocenters. The third-order valence-electron chi connectivity index (χ3n) is 4.12. The molecular weight excluding hydrogens is 410 g/mol. The lowest BCUT2D eigenvalue weighted by Crippen LogP contribution is -2.15. The molecule has 0 radical (unpaired) electrons. The summed E-state index contributed by atoms with van der Waals surface area (Å²) < 4.78 is 5.21. The van der Waals surface area contributed by atoms with E-state index >= 15 is 0 Å². The molecule has 2 aromatic carbocycles. The Labute approximate surface area is 177 Å². The molecule has 29 heavy (non-hydrogen) atoms. The summed E-state index contributed by atoms with van der Waals surface area (Å²) in [5.74, 6) is -1.29. The molecule has 1 heterocycles. The van der Waals surface area contributed by atoms with Crippen molar-refractivity contribution in [2.45, 2.75) is 13.8 Å². The van der Waals surface area contributed by atoms with Gasteiger partial charge in [-0.3, -0.25) is 9.59 Å². The van der Waals surface area contributed by atoms with Crippen molar-refractivity contribution in [2.75, 3.05) is 11.9 Å². The molecule has 0 saturated carbocycles. The maximum Gasteiger partial charge on any atom is 0.341 e. The summed E-state index contributed by atoms with van der Waals surface area (Å²) in [7, 11) is 0. The molecule has 0 atom stereocenters. The van der Waals surface area contributed by atoms with Gasteiger partial charge in [0.25, 0.3) is 5.91 Å². The lowest BCUT2D eigenvalue weighted by atomic mass is 10.00. The molecule has 3 aromatic rings. The van der Waals surface area contributed by atoms with Crippen LogP contribution in [-0.2, 0) is 4.74 Å². The number of rotatable bonds is 6. The first-order valence-electron chi connectivity index (χ1n) is 8.90. The van der Waals surface area contributed by atoms with E-state index in [4.69, 9.17) is 16.3 Å². The molecule has 0 spiro atoms. The number of halogens is 1. The molecule has 0 aliphatic rings. The maximum atomic E-state index is 12.8. The predicted molar refractivity (Wildman–Crippen MR) is 115 cm³/mol. The van der Waals surface area contributed by atoms with Crippen molar-refractivity contribution in [3.8, 4) is 11.1 Å². The fourth-order valence-electron chi connectivity index (χ4n) is 2.86. The normalized spacial score (nSPS) is 10.4. The lowest BCUT2D eigenvalue weighted by Gasteiger charge is -2.10. The maximum absolute atomic E-state index is 12.8. The first kappa shape index (κ1) is 20.8. The van der Waals surface area contributed by atoms with Crippen molar-refractivity contribution >= 4 is 45.6 Å². The van der Waals surface area contributed by atoms with E-state index in [1.807, 2.05) is 18.2 Å². The number of carbonyl (C=O) groups excluding carboxylic acids is 3. The van der Waals surface area contributed by atoms with Gasteiger partial charge in [-0.1, -0.05) is 54.1 Å². The van der Waals surface area contributed by atoms with Crippen LogP contribution in [0.15, 0.2) is 54.6 Å². The monoisotopic (exact) mass is 427 g/mol. The summed E-state index contributed by atoms with van der Waals surface area (Å²) >= 11 is 7.16. The number of ether oxygens (including phenoxy) is 1. The van der Waals surface area contributed by atoms with Crippen LogP contribution in [0.2, 0.25) is 5.02 Å². The number of hydrogen-bond donors (Lipinski definition) is 1. The summed E-state index contributed by atoms with van der Waals surface area (Å²) in [6.45, 7) is 3.28. The van der Waals surface area contributed by atoms with E-state index in [0.717, 1.165) is 11.3 Å². The van der Waals surface area contributed by atoms with Gasteiger partial charge in [-0.25, -0.2) is 4.79 Å². The van der Waals surface area contributed by atoms with Crippen LogP contribution in [0.3, 0.4) is 0 Å². The van der Waals surface area contributed by atoms with Gasteiger partial charge in [-0.15, -0.1) is 11.3 Å². The predicted octanol–water partition coefficient (Wildman–Crippen LogP) is 5.70. The number of nitrogens with one attached hydrogen (secondary N) is 1. The molecular formula is C22H18ClNO4S. The van der Waals surface area contributed by atoms with Gasteiger partial charge in [0.05, 0.1) is 22.1 Å². The fraction of sp³-hybridized carbons (Fsp3) is 0.136. The number of benzene rings is 2. The van der Waals surface area contributed by atoms with Crippen molar-refractivity contribution < 1.29 is 19.1 Å². The Kier molecular flexibility index (Phi) is 6.46. The molecule has 0 saturated heterocycles. The van der Waals surface area contributed by atoms with Gasteiger partial charge in [-0.2, -0.15) is 0 Å². The van der Waals surface area contributed by atoms with E-state index < -0.39 is 11.9 Å². The average Bonchev–Trinajstić information content (AvgIpc) is 3.08. The van der Waals surface area contributed by atoms with Gasteiger partial charge in [0.1, 0.15) is 10.6 Å². The van der Waals surface area contributed by atoms with Crippen LogP contribution < -0.4 is 5.32 Å². The van der Waals surface area contributed by atoms with Gasteiger partial charge >= 0.3 is 5.97 Å². The minimum Gasteiger partial charge on any atom is -0.462 e. The number of esters is 1. The van der Waals surface area contributed by atoms with Gasteiger partial charge in [0.15, 0.2) is 5.78 Å². The Hall–Kier alpha value is -2.96. The Balaban J connectivity index is 2.16. The Bertz CT molecular complexity index is 1080. The molecule has 0 aliphatic carbocycles. The van der Waals surface area contributed by atoms with Crippen molar-refractivity contribution in [3.05, 3.63) is 75.6 Å². The van der Waals surface area contributed by atoms with Crippen LogP contribution in [0.4, 0.5) is 5.00 Å². The highest BCUT2D eigenvalue weighted by molar-refractivity contribution is 7.19. The Morgan fingerprint density at radius 2 is 1.69 bits per heavy atom. The number of ketones is 1. The number of hydrogen-bond acceptors (Lipinski definition) is 5. The highest BCUT2D eigenvalue weighted by Gasteiger charge is 2.29. The van der Waals surface area contributed by atoms with E-state index in [2.05, 4.69) is 5.32 Å². The van der Waals surface area contributed by atoms with Crippen molar-refractivity contribution in [2.24, 2.45) is 0 Å². The summed E-state index contributed by atoms with van der Waals surface area (Å²) in [6.07, 6.45) is 0. The summed E-state index contributed by atoms with van der Waals surface area (Å²) in [5, 5.41) is 3.27. The Morgan fingerprint density at radius 3 is 2.31 bits per heavy atom. The third kappa shape index (κ3) is 4.39. The molecule has 0 bridgehead atoms. The summed E-state index contributed by atoms with van der Waals surface area (Å²) in [5.41, 5.74) is 1.57. The van der Waals surface area contributed by atoms with Gasteiger partial charge < -0.3 is 10.1 Å². The molecule has 1 amide bonds. The van der Waals surface area contributed by atoms with Crippen molar-refractivity contribution in [1.29, 1.82) is 0 Å². The molecule has 5 nitrogen and oxygen atoms in total. The van der Waals surface area contributed by atoms with Crippen LogP contribution in [0.1, 0.15) is 44.2 Å². The molecule has 0 aliphatic heterocycles. The average molecular weight is 428 g/mol. The smallest absolute Gasteiger partial charge is 0.341 e. The molecule has 7 heteroatoms. The van der Waals surface area contributed by atoms with E-state index in [1.165, 1.54) is 6.92 Å². The second kappa shape index (κ2) is 9.03. The SMILES string of the molecule is CCOC(=O)c1c(NC(=O)c2ccccc2Cl)sc(C(C)=O)c1-c1ccccc1. The minimum atomic E-state index is -0.607. The second-order valence-corrected chi connectivity index (χ2v) is 7.51. The number of amides is 1. The van der Waals surface area contributed by atoms with Crippen molar-refractivity contribution in [3.63, 3.8) is 0 Å². The highest BCUT2D eigenvalue weighted by atomic mass is 35.5. The van der Waals surface area contributed by atoms with Crippen LogP contribution in [0.25, 0.3) is 11.1 Å². The van der Waals surface area contributed by atoms with E-state index in [0.29, 0.717) is 16.0 Å². The first-order chi connectivity index (χ1) is 13.9. The number of Topliss-reactive ketones (excluding diaryl/α,β-unsaturated/α-hetero) is 1. The molecule has 1 aromatic heterocycles. The summed E-state index contributed by atoms with van der Waals surface area (Å²) in [6, 6.07) is 15.7.